The van der Waals surface area contributed by atoms with Crippen LogP contribution in [0.3, 0.4) is 0 Å². The molecule has 1 aliphatic carbocycles. The van der Waals surface area contributed by atoms with Crippen molar-refractivity contribution in [3.05, 3.63) is 51.9 Å². The standard InChI is InChI=1S/C17H17ClN4O/c1-9-7-13-15(14(23)8-9)16(11-5-3-4-6-12(11)18)22-17(20-13)19-10(2)21-22/h3-6,9,16H,7-8H2,1-2H3,(H,19,20,21)/t9-,16-/m0/s1. The van der Waals surface area contributed by atoms with Gasteiger partial charge in [0.1, 0.15) is 11.9 Å². The van der Waals surface area contributed by atoms with E-state index in [0.717, 1.165) is 23.3 Å². The molecule has 1 aromatic carbocycles. The molecular formula is C17H17ClN4O. The Labute approximate surface area is 139 Å². The number of benzene rings is 1. The quantitative estimate of drug-likeness (QED) is 0.870. The van der Waals surface area contributed by atoms with Gasteiger partial charge in [-0.1, -0.05) is 36.7 Å². The fourth-order valence-corrected chi connectivity index (χ4v) is 3.74. The van der Waals surface area contributed by atoms with Gasteiger partial charge in [0.25, 0.3) is 0 Å². The number of hydrogen-bond donors (Lipinski definition) is 1. The molecule has 0 amide bonds. The van der Waals surface area contributed by atoms with Crippen LogP contribution in [0.2, 0.25) is 5.02 Å². The molecule has 1 aromatic heterocycles. The number of aryl methyl sites for hydroxylation is 1. The van der Waals surface area contributed by atoms with Crippen molar-refractivity contribution in [3.63, 3.8) is 0 Å². The minimum absolute atomic E-state index is 0.162. The van der Waals surface area contributed by atoms with Crippen molar-refractivity contribution in [2.45, 2.75) is 32.7 Å². The number of fused-ring (bicyclic) bond motifs is 1. The highest BCUT2D eigenvalue weighted by Crippen LogP contribution is 2.42. The number of rotatable bonds is 1. The molecule has 5 nitrogen and oxygen atoms in total. The molecule has 2 aromatic rings. The molecule has 6 heteroatoms. The number of allylic oxidation sites excluding steroid dienone is 2. The summed E-state index contributed by atoms with van der Waals surface area (Å²) in [5, 5.41) is 8.43. The van der Waals surface area contributed by atoms with Crippen molar-refractivity contribution in [2.24, 2.45) is 5.92 Å². The van der Waals surface area contributed by atoms with E-state index in [1.54, 1.807) is 4.68 Å². The van der Waals surface area contributed by atoms with Crippen LogP contribution in [-0.2, 0) is 4.79 Å². The van der Waals surface area contributed by atoms with Crippen molar-refractivity contribution < 1.29 is 4.79 Å². The molecular weight excluding hydrogens is 312 g/mol. The Morgan fingerprint density at radius 3 is 2.87 bits per heavy atom. The number of Topliss-reactive ketones (excluding diaryl/α,β-unsaturated/α-hetero) is 1. The van der Waals surface area contributed by atoms with Gasteiger partial charge in [0.05, 0.1) is 0 Å². The van der Waals surface area contributed by atoms with Crippen LogP contribution in [0.25, 0.3) is 0 Å². The first-order chi connectivity index (χ1) is 11.0. The Morgan fingerprint density at radius 2 is 2.09 bits per heavy atom. The SMILES string of the molecule is Cc1nc2n(n1)[C@@H](c1ccccc1Cl)C1=C(C[C@H](C)CC1=O)N2. The van der Waals surface area contributed by atoms with Crippen LogP contribution in [-0.4, -0.2) is 20.5 Å². The van der Waals surface area contributed by atoms with Gasteiger partial charge < -0.3 is 5.32 Å². The number of carbonyl (C=O) groups excluding carboxylic acids is 1. The third kappa shape index (κ3) is 2.27. The van der Waals surface area contributed by atoms with Crippen LogP contribution in [0.4, 0.5) is 5.95 Å². The smallest absolute Gasteiger partial charge is 0.226 e. The maximum atomic E-state index is 12.7. The second kappa shape index (κ2) is 5.20. The number of nitrogens with zero attached hydrogens (tertiary/aromatic N) is 3. The molecule has 1 aliphatic heterocycles. The number of ketones is 1. The van der Waals surface area contributed by atoms with Gasteiger partial charge in [-0.3, -0.25) is 4.79 Å². The molecule has 2 aliphatic rings. The van der Waals surface area contributed by atoms with E-state index in [4.69, 9.17) is 11.6 Å². The van der Waals surface area contributed by atoms with E-state index >= 15 is 0 Å². The normalized spacial score (nSPS) is 23.3. The summed E-state index contributed by atoms with van der Waals surface area (Å²) in [5.74, 6) is 1.84. The lowest BCUT2D eigenvalue weighted by atomic mass is 9.81. The van der Waals surface area contributed by atoms with E-state index in [2.05, 4.69) is 22.3 Å². The average molecular weight is 329 g/mol. The average Bonchev–Trinajstić information content (AvgIpc) is 2.85. The molecule has 118 valence electrons. The lowest BCUT2D eigenvalue weighted by Crippen LogP contribution is -2.33. The van der Waals surface area contributed by atoms with Gasteiger partial charge in [-0.05, 0) is 25.3 Å². The number of nitrogens with one attached hydrogen (secondary N) is 1. The third-order valence-corrected chi connectivity index (χ3v) is 4.77. The summed E-state index contributed by atoms with van der Waals surface area (Å²) in [6.07, 6.45) is 1.40. The summed E-state index contributed by atoms with van der Waals surface area (Å²) in [6, 6.07) is 7.31. The van der Waals surface area contributed by atoms with Crippen molar-refractivity contribution >= 4 is 23.3 Å². The number of aromatic nitrogens is 3. The van der Waals surface area contributed by atoms with Crippen LogP contribution in [0, 0.1) is 12.8 Å². The van der Waals surface area contributed by atoms with Crippen molar-refractivity contribution in [3.8, 4) is 0 Å². The number of halogens is 1. The molecule has 2 atom stereocenters. The summed E-state index contributed by atoms with van der Waals surface area (Å²) in [4.78, 5) is 17.2. The summed E-state index contributed by atoms with van der Waals surface area (Å²) in [5.41, 5.74) is 2.62. The first kappa shape index (κ1) is 14.5. The van der Waals surface area contributed by atoms with Crippen LogP contribution >= 0.6 is 11.6 Å². The molecule has 4 rings (SSSR count). The van der Waals surface area contributed by atoms with E-state index < -0.39 is 0 Å². The maximum Gasteiger partial charge on any atom is 0.226 e. The predicted octanol–water partition coefficient (Wildman–Crippen LogP) is 3.51. The first-order valence-electron chi connectivity index (χ1n) is 7.75. The topological polar surface area (TPSA) is 59.8 Å². The summed E-state index contributed by atoms with van der Waals surface area (Å²) in [6.45, 7) is 3.94. The Morgan fingerprint density at radius 1 is 1.30 bits per heavy atom. The molecule has 0 spiro atoms. The lowest BCUT2D eigenvalue weighted by molar-refractivity contribution is -0.117. The highest BCUT2D eigenvalue weighted by Gasteiger charge is 2.38. The Kier molecular flexibility index (Phi) is 3.27. The van der Waals surface area contributed by atoms with Crippen LogP contribution < -0.4 is 5.32 Å². The molecule has 0 saturated heterocycles. The second-order valence-electron chi connectivity index (χ2n) is 6.31. The fraction of sp³-hybridized carbons (Fsp3) is 0.353. The maximum absolute atomic E-state index is 12.7. The summed E-state index contributed by atoms with van der Waals surface area (Å²) in [7, 11) is 0. The number of anilines is 1. The first-order valence-corrected chi connectivity index (χ1v) is 8.13. The predicted molar refractivity (Wildman–Crippen MR) is 88.4 cm³/mol. The van der Waals surface area contributed by atoms with Crippen LogP contribution in [0.5, 0.6) is 0 Å². The van der Waals surface area contributed by atoms with E-state index in [0.29, 0.717) is 29.1 Å². The minimum Gasteiger partial charge on any atom is -0.328 e. The van der Waals surface area contributed by atoms with Crippen molar-refractivity contribution in [1.29, 1.82) is 0 Å². The lowest BCUT2D eigenvalue weighted by Gasteiger charge is -2.34. The zero-order chi connectivity index (χ0) is 16.1. The van der Waals surface area contributed by atoms with Crippen LogP contribution in [0.15, 0.2) is 35.5 Å². The molecule has 0 saturated carbocycles. The van der Waals surface area contributed by atoms with Crippen LogP contribution in [0.1, 0.15) is 37.2 Å². The minimum atomic E-state index is -0.309. The fourth-order valence-electron chi connectivity index (χ4n) is 3.50. The van der Waals surface area contributed by atoms with Gasteiger partial charge in [0.15, 0.2) is 5.78 Å². The summed E-state index contributed by atoms with van der Waals surface area (Å²) < 4.78 is 1.78. The number of hydrogen-bond acceptors (Lipinski definition) is 4. The Bertz CT molecular complexity index is 839. The van der Waals surface area contributed by atoms with E-state index in [1.807, 2.05) is 31.2 Å². The van der Waals surface area contributed by atoms with E-state index in [9.17, 15) is 4.79 Å². The molecule has 0 fully saturated rings. The third-order valence-electron chi connectivity index (χ3n) is 4.43. The molecule has 23 heavy (non-hydrogen) atoms. The molecule has 0 bridgehead atoms. The summed E-state index contributed by atoms with van der Waals surface area (Å²) >= 11 is 6.42. The molecule has 2 heterocycles. The largest absolute Gasteiger partial charge is 0.328 e. The monoisotopic (exact) mass is 328 g/mol. The van der Waals surface area contributed by atoms with Gasteiger partial charge in [0.2, 0.25) is 5.95 Å². The number of carbonyl (C=O) groups is 1. The Balaban J connectivity index is 1.95. The van der Waals surface area contributed by atoms with Gasteiger partial charge >= 0.3 is 0 Å². The molecule has 0 unspecified atom stereocenters. The van der Waals surface area contributed by atoms with Crippen molar-refractivity contribution in [2.75, 3.05) is 5.32 Å². The van der Waals surface area contributed by atoms with E-state index in [-0.39, 0.29) is 11.8 Å². The highest BCUT2D eigenvalue weighted by atomic mass is 35.5. The zero-order valence-corrected chi connectivity index (χ0v) is 13.8. The second-order valence-corrected chi connectivity index (χ2v) is 6.71. The van der Waals surface area contributed by atoms with Gasteiger partial charge in [-0.2, -0.15) is 10.1 Å². The molecule has 0 radical (unpaired) electrons. The molecule has 1 N–H and O–H groups in total. The van der Waals surface area contributed by atoms with Gasteiger partial charge in [0, 0.05) is 28.3 Å². The Hall–Kier alpha value is -2.14. The van der Waals surface area contributed by atoms with Gasteiger partial charge in [-0.25, -0.2) is 4.68 Å². The zero-order valence-electron chi connectivity index (χ0n) is 13.0. The van der Waals surface area contributed by atoms with E-state index in [1.165, 1.54) is 0 Å². The van der Waals surface area contributed by atoms with Gasteiger partial charge in [-0.15, -0.1) is 0 Å². The highest BCUT2D eigenvalue weighted by molar-refractivity contribution is 6.31. The van der Waals surface area contributed by atoms with Crippen molar-refractivity contribution in [1.82, 2.24) is 14.8 Å².